The number of benzene rings is 3. The monoisotopic (exact) mass is 476 g/mol. The summed E-state index contributed by atoms with van der Waals surface area (Å²) in [4.78, 5) is 2.25. The van der Waals surface area contributed by atoms with Crippen LogP contribution in [0, 0.1) is 0 Å². The number of hydrogen-bond donors (Lipinski definition) is 1. The van der Waals surface area contributed by atoms with Gasteiger partial charge in [0.1, 0.15) is 12.4 Å². The maximum Gasteiger partial charge on any atom is 0.124 e. The second-order valence-corrected chi connectivity index (χ2v) is 8.44. The minimum atomic E-state index is 0.301. The third kappa shape index (κ3) is 5.58. The number of anilines is 2. The van der Waals surface area contributed by atoms with Crippen molar-refractivity contribution in [2.75, 3.05) is 36.5 Å². The van der Waals surface area contributed by atoms with Crippen LogP contribution in [0.3, 0.4) is 0 Å². The van der Waals surface area contributed by atoms with E-state index in [4.69, 9.17) is 44.3 Å². The van der Waals surface area contributed by atoms with Crippen molar-refractivity contribution in [1.29, 1.82) is 0 Å². The van der Waals surface area contributed by atoms with E-state index in [0.717, 1.165) is 59.6 Å². The van der Waals surface area contributed by atoms with Gasteiger partial charge in [-0.15, -0.1) is 0 Å². The summed E-state index contributed by atoms with van der Waals surface area (Å²) in [5.74, 6) is 0.780. The molecule has 0 atom stereocenters. The zero-order chi connectivity index (χ0) is 21.6. The van der Waals surface area contributed by atoms with Crippen molar-refractivity contribution in [2.24, 2.45) is 0 Å². The molecular formula is C24H23Cl3N2O2. The van der Waals surface area contributed by atoms with E-state index in [-0.39, 0.29) is 0 Å². The fourth-order valence-electron chi connectivity index (χ4n) is 3.49. The lowest BCUT2D eigenvalue weighted by Crippen LogP contribution is -2.36. The summed E-state index contributed by atoms with van der Waals surface area (Å²) in [6.07, 6.45) is 0. The van der Waals surface area contributed by atoms with Gasteiger partial charge in [0.05, 0.1) is 23.9 Å². The minimum absolute atomic E-state index is 0.301. The number of hydrogen-bond acceptors (Lipinski definition) is 4. The highest BCUT2D eigenvalue weighted by atomic mass is 35.5. The van der Waals surface area contributed by atoms with Gasteiger partial charge >= 0.3 is 0 Å². The van der Waals surface area contributed by atoms with Gasteiger partial charge in [0.2, 0.25) is 0 Å². The van der Waals surface area contributed by atoms with Gasteiger partial charge in [-0.2, -0.15) is 0 Å². The lowest BCUT2D eigenvalue weighted by Gasteiger charge is -2.29. The molecule has 1 aliphatic rings. The minimum Gasteiger partial charge on any atom is -0.488 e. The van der Waals surface area contributed by atoms with Crippen molar-refractivity contribution in [2.45, 2.75) is 13.2 Å². The molecule has 3 aromatic carbocycles. The molecule has 4 nitrogen and oxygen atoms in total. The fraction of sp³-hybridized carbons (Fsp3) is 0.250. The van der Waals surface area contributed by atoms with Gasteiger partial charge in [0, 0.05) is 46.5 Å². The standard InChI is InChI=1S/C24H23Cl3N2O2/c25-20-5-3-6-21(26)19(20)16-31-24-7-2-1-4-17(24)15-28-18-8-9-23(22(27)14-18)29-10-12-30-13-11-29/h1-9,14,28H,10-13,15-16H2. The molecule has 162 valence electrons. The molecule has 0 aliphatic carbocycles. The highest BCUT2D eigenvalue weighted by molar-refractivity contribution is 6.36. The number of morpholine rings is 1. The van der Waals surface area contributed by atoms with E-state index >= 15 is 0 Å². The van der Waals surface area contributed by atoms with Crippen molar-refractivity contribution in [3.05, 3.63) is 86.9 Å². The maximum atomic E-state index is 6.55. The Labute approximate surface area is 197 Å². The molecule has 0 radical (unpaired) electrons. The molecule has 1 heterocycles. The summed E-state index contributed by atoms with van der Waals surface area (Å²) in [6.45, 7) is 4.06. The number of para-hydroxylation sites is 1. The summed E-state index contributed by atoms with van der Waals surface area (Å²) in [5.41, 5.74) is 3.79. The summed E-state index contributed by atoms with van der Waals surface area (Å²) < 4.78 is 11.5. The Morgan fingerprint density at radius 1 is 0.871 bits per heavy atom. The first-order valence-electron chi connectivity index (χ1n) is 10.1. The molecular weight excluding hydrogens is 455 g/mol. The molecule has 1 N–H and O–H groups in total. The predicted molar refractivity (Wildman–Crippen MR) is 129 cm³/mol. The first-order chi connectivity index (χ1) is 15.1. The molecule has 0 amide bonds. The molecule has 0 unspecified atom stereocenters. The first-order valence-corrected chi connectivity index (χ1v) is 11.2. The van der Waals surface area contributed by atoms with Gasteiger partial charge in [-0.25, -0.2) is 0 Å². The second-order valence-electron chi connectivity index (χ2n) is 7.22. The number of nitrogens with zero attached hydrogens (tertiary/aromatic N) is 1. The van der Waals surface area contributed by atoms with E-state index in [1.165, 1.54) is 0 Å². The third-order valence-corrected chi connectivity index (χ3v) is 6.20. The van der Waals surface area contributed by atoms with Gasteiger partial charge in [-0.1, -0.05) is 59.1 Å². The van der Waals surface area contributed by atoms with Crippen LogP contribution in [0.25, 0.3) is 0 Å². The Bertz CT molecular complexity index is 1020. The first kappa shape index (κ1) is 22.1. The summed E-state index contributed by atoms with van der Waals surface area (Å²) in [5, 5.41) is 5.35. The van der Waals surface area contributed by atoms with Gasteiger partial charge in [-0.05, 0) is 36.4 Å². The molecule has 4 rings (SSSR count). The molecule has 0 spiro atoms. The number of ether oxygens (including phenoxy) is 2. The Hall–Kier alpha value is -2.11. The Kier molecular flexibility index (Phi) is 7.46. The third-order valence-electron chi connectivity index (χ3n) is 5.19. The average Bonchev–Trinajstić information content (AvgIpc) is 2.79. The maximum absolute atomic E-state index is 6.55. The highest BCUT2D eigenvalue weighted by Gasteiger charge is 2.14. The van der Waals surface area contributed by atoms with Crippen LogP contribution in [0.4, 0.5) is 11.4 Å². The lowest BCUT2D eigenvalue weighted by molar-refractivity contribution is 0.122. The summed E-state index contributed by atoms with van der Waals surface area (Å²) >= 11 is 19.1. The van der Waals surface area contributed by atoms with Gasteiger partial charge in [0.25, 0.3) is 0 Å². The Morgan fingerprint density at radius 3 is 2.35 bits per heavy atom. The van der Waals surface area contributed by atoms with Crippen LogP contribution in [0.2, 0.25) is 15.1 Å². The molecule has 1 aliphatic heterocycles. The number of halogens is 3. The quantitative estimate of drug-likeness (QED) is 0.412. The second kappa shape index (κ2) is 10.5. The zero-order valence-corrected chi connectivity index (χ0v) is 19.2. The van der Waals surface area contributed by atoms with Crippen LogP contribution in [-0.2, 0) is 17.9 Å². The predicted octanol–water partition coefficient (Wildman–Crippen LogP) is 6.67. The average molecular weight is 478 g/mol. The normalized spacial score (nSPS) is 13.8. The summed E-state index contributed by atoms with van der Waals surface area (Å²) in [6, 6.07) is 19.4. The van der Waals surface area contributed by atoms with Crippen molar-refractivity contribution in [3.8, 4) is 5.75 Å². The molecule has 31 heavy (non-hydrogen) atoms. The van der Waals surface area contributed by atoms with E-state index in [9.17, 15) is 0 Å². The molecule has 7 heteroatoms. The molecule has 0 saturated carbocycles. The molecule has 1 fully saturated rings. The molecule has 0 bridgehead atoms. The van der Waals surface area contributed by atoms with E-state index in [1.807, 2.05) is 54.6 Å². The molecule has 3 aromatic rings. The van der Waals surface area contributed by atoms with E-state index < -0.39 is 0 Å². The highest BCUT2D eigenvalue weighted by Crippen LogP contribution is 2.31. The van der Waals surface area contributed by atoms with Gasteiger partial charge in [-0.3, -0.25) is 0 Å². The van der Waals surface area contributed by atoms with Gasteiger partial charge in [0.15, 0.2) is 0 Å². The smallest absolute Gasteiger partial charge is 0.124 e. The number of nitrogens with one attached hydrogen (secondary N) is 1. The fourth-order valence-corrected chi connectivity index (χ4v) is 4.29. The zero-order valence-electron chi connectivity index (χ0n) is 16.9. The van der Waals surface area contributed by atoms with Crippen LogP contribution in [0.5, 0.6) is 5.75 Å². The van der Waals surface area contributed by atoms with Crippen LogP contribution < -0.4 is 15.0 Å². The van der Waals surface area contributed by atoms with Crippen LogP contribution in [0.15, 0.2) is 60.7 Å². The van der Waals surface area contributed by atoms with Crippen molar-refractivity contribution in [1.82, 2.24) is 0 Å². The van der Waals surface area contributed by atoms with Crippen LogP contribution in [-0.4, -0.2) is 26.3 Å². The van der Waals surface area contributed by atoms with E-state index in [1.54, 1.807) is 0 Å². The largest absolute Gasteiger partial charge is 0.488 e. The van der Waals surface area contributed by atoms with Crippen LogP contribution >= 0.6 is 34.8 Å². The topological polar surface area (TPSA) is 33.7 Å². The van der Waals surface area contributed by atoms with Crippen molar-refractivity contribution in [3.63, 3.8) is 0 Å². The Morgan fingerprint density at radius 2 is 1.61 bits per heavy atom. The van der Waals surface area contributed by atoms with E-state index in [0.29, 0.717) is 23.2 Å². The van der Waals surface area contributed by atoms with Crippen molar-refractivity contribution >= 4 is 46.2 Å². The van der Waals surface area contributed by atoms with E-state index in [2.05, 4.69) is 16.3 Å². The Balaban J connectivity index is 1.41. The van der Waals surface area contributed by atoms with Gasteiger partial charge < -0.3 is 19.7 Å². The lowest BCUT2D eigenvalue weighted by atomic mass is 10.2. The molecule has 1 saturated heterocycles. The SMILES string of the molecule is Clc1cc(NCc2ccccc2OCc2c(Cl)cccc2Cl)ccc1N1CCOCC1. The van der Waals surface area contributed by atoms with Crippen molar-refractivity contribution < 1.29 is 9.47 Å². The molecule has 0 aromatic heterocycles. The van der Waals surface area contributed by atoms with Crippen LogP contribution in [0.1, 0.15) is 11.1 Å². The summed E-state index contributed by atoms with van der Waals surface area (Å²) in [7, 11) is 0. The number of rotatable bonds is 7.